The molecule has 0 radical (unpaired) electrons. The Balaban J connectivity index is 2.28. The molecule has 1 aromatic heterocycles. The van der Waals surface area contributed by atoms with Crippen LogP contribution in [-0.4, -0.2) is 11.5 Å². The zero-order valence-electron chi connectivity index (χ0n) is 11.7. The van der Waals surface area contributed by atoms with Crippen molar-refractivity contribution in [1.82, 2.24) is 4.98 Å². The first-order chi connectivity index (χ1) is 10.0. The summed E-state index contributed by atoms with van der Waals surface area (Å²) in [6, 6.07) is 6.13. The van der Waals surface area contributed by atoms with Gasteiger partial charge in [0.2, 0.25) is 5.88 Å². The van der Waals surface area contributed by atoms with Gasteiger partial charge in [-0.25, -0.2) is 4.39 Å². The molecule has 21 heavy (non-hydrogen) atoms. The number of benzene rings is 1. The summed E-state index contributed by atoms with van der Waals surface area (Å²) in [7, 11) is 0. The second-order valence-corrected chi connectivity index (χ2v) is 5.36. The number of aryl methyl sites for hydroxylation is 1. The van der Waals surface area contributed by atoms with Crippen molar-refractivity contribution in [2.75, 3.05) is 11.9 Å². The summed E-state index contributed by atoms with van der Waals surface area (Å²) < 4.78 is 19.1. The first-order valence-electron chi connectivity index (χ1n) is 6.55. The molecule has 0 bridgehead atoms. The van der Waals surface area contributed by atoms with Crippen LogP contribution in [0, 0.1) is 12.7 Å². The van der Waals surface area contributed by atoms with Crippen molar-refractivity contribution in [2.45, 2.75) is 20.3 Å². The van der Waals surface area contributed by atoms with E-state index in [1.54, 1.807) is 25.1 Å². The van der Waals surface area contributed by atoms with E-state index >= 15 is 0 Å². The molecule has 3 nitrogen and oxygen atoms in total. The van der Waals surface area contributed by atoms with Gasteiger partial charge in [-0.2, -0.15) is 4.98 Å². The summed E-state index contributed by atoms with van der Waals surface area (Å²) >= 11 is 12.1. The molecule has 112 valence electrons. The highest BCUT2D eigenvalue weighted by Gasteiger charge is 2.12. The average Bonchev–Trinajstić information content (AvgIpc) is 2.44. The Bertz CT molecular complexity index is 650. The van der Waals surface area contributed by atoms with Crippen molar-refractivity contribution in [3.63, 3.8) is 0 Å². The van der Waals surface area contributed by atoms with E-state index in [1.165, 1.54) is 6.07 Å². The molecule has 1 heterocycles. The van der Waals surface area contributed by atoms with Gasteiger partial charge in [0.25, 0.3) is 0 Å². The number of rotatable bonds is 5. The molecule has 0 aliphatic carbocycles. The molecule has 0 unspecified atom stereocenters. The number of pyridine rings is 1. The van der Waals surface area contributed by atoms with Gasteiger partial charge in [0.1, 0.15) is 22.4 Å². The molecular weight excluding hydrogens is 314 g/mol. The van der Waals surface area contributed by atoms with E-state index in [2.05, 4.69) is 10.3 Å². The molecule has 0 aliphatic heterocycles. The van der Waals surface area contributed by atoms with Gasteiger partial charge in [-0.15, -0.1) is 0 Å². The predicted molar refractivity (Wildman–Crippen MR) is 84.2 cm³/mol. The van der Waals surface area contributed by atoms with E-state index in [0.29, 0.717) is 22.2 Å². The second kappa shape index (κ2) is 6.96. The minimum Gasteiger partial charge on any atom is -0.437 e. The lowest BCUT2D eigenvalue weighted by Gasteiger charge is -2.11. The summed E-state index contributed by atoms with van der Waals surface area (Å²) in [6.07, 6.45) is 0.931. The highest BCUT2D eigenvalue weighted by Crippen LogP contribution is 2.33. The standard InChI is InChI=1S/C15H15Cl2FN2O/c1-3-6-19-14-11(16)8-12(17)15(20-14)21-10-5-4-9(2)13(18)7-10/h4-5,7-8H,3,6H2,1-2H3,(H,19,20). The third-order valence-electron chi connectivity index (χ3n) is 2.80. The van der Waals surface area contributed by atoms with Crippen molar-refractivity contribution < 1.29 is 9.13 Å². The van der Waals surface area contributed by atoms with Crippen molar-refractivity contribution >= 4 is 29.0 Å². The van der Waals surface area contributed by atoms with E-state index in [-0.39, 0.29) is 16.7 Å². The lowest BCUT2D eigenvalue weighted by Crippen LogP contribution is -2.03. The Kier molecular flexibility index (Phi) is 5.26. The van der Waals surface area contributed by atoms with Crippen molar-refractivity contribution in [1.29, 1.82) is 0 Å². The highest BCUT2D eigenvalue weighted by atomic mass is 35.5. The Morgan fingerprint density at radius 2 is 2.00 bits per heavy atom. The highest BCUT2D eigenvalue weighted by molar-refractivity contribution is 6.36. The molecule has 0 saturated carbocycles. The average molecular weight is 329 g/mol. The number of ether oxygens (including phenoxy) is 1. The summed E-state index contributed by atoms with van der Waals surface area (Å²) in [5.41, 5.74) is 0.544. The molecule has 1 N–H and O–H groups in total. The number of hydrogen-bond acceptors (Lipinski definition) is 3. The minimum atomic E-state index is -0.345. The topological polar surface area (TPSA) is 34.2 Å². The third-order valence-corrected chi connectivity index (χ3v) is 3.36. The van der Waals surface area contributed by atoms with E-state index in [4.69, 9.17) is 27.9 Å². The van der Waals surface area contributed by atoms with Crippen LogP contribution in [0.2, 0.25) is 10.0 Å². The first-order valence-corrected chi connectivity index (χ1v) is 7.30. The molecule has 2 rings (SSSR count). The zero-order valence-corrected chi connectivity index (χ0v) is 13.2. The van der Waals surface area contributed by atoms with Crippen LogP contribution in [0.1, 0.15) is 18.9 Å². The maximum atomic E-state index is 13.5. The van der Waals surface area contributed by atoms with Crippen LogP contribution in [-0.2, 0) is 0 Å². The van der Waals surface area contributed by atoms with Gasteiger partial charge in [0.15, 0.2) is 0 Å². The quantitative estimate of drug-likeness (QED) is 0.792. The Hall–Kier alpha value is -1.52. The van der Waals surface area contributed by atoms with Gasteiger partial charge < -0.3 is 10.1 Å². The van der Waals surface area contributed by atoms with Crippen LogP contribution in [0.3, 0.4) is 0 Å². The normalized spacial score (nSPS) is 10.5. The maximum absolute atomic E-state index is 13.5. The van der Waals surface area contributed by atoms with Gasteiger partial charge in [-0.3, -0.25) is 0 Å². The summed E-state index contributed by atoms with van der Waals surface area (Å²) in [4.78, 5) is 4.24. The largest absolute Gasteiger partial charge is 0.437 e. The lowest BCUT2D eigenvalue weighted by atomic mass is 10.2. The first kappa shape index (κ1) is 15.9. The van der Waals surface area contributed by atoms with Crippen molar-refractivity contribution in [3.05, 3.63) is 45.7 Å². The Morgan fingerprint density at radius 3 is 2.67 bits per heavy atom. The van der Waals surface area contributed by atoms with Gasteiger partial charge in [-0.1, -0.05) is 36.2 Å². The van der Waals surface area contributed by atoms with Crippen LogP contribution in [0.15, 0.2) is 24.3 Å². The number of anilines is 1. The number of nitrogens with zero attached hydrogens (tertiary/aromatic N) is 1. The van der Waals surface area contributed by atoms with Gasteiger partial charge in [-0.05, 0) is 31.0 Å². The molecule has 0 amide bonds. The number of nitrogens with one attached hydrogen (secondary N) is 1. The summed E-state index contributed by atoms with van der Waals surface area (Å²) in [6.45, 7) is 4.44. The molecule has 0 atom stereocenters. The van der Waals surface area contributed by atoms with Crippen LogP contribution in [0.4, 0.5) is 10.2 Å². The smallest absolute Gasteiger partial charge is 0.240 e. The SMILES string of the molecule is CCCNc1nc(Oc2ccc(C)c(F)c2)c(Cl)cc1Cl. The van der Waals surface area contributed by atoms with Crippen molar-refractivity contribution in [2.24, 2.45) is 0 Å². The zero-order chi connectivity index (χ0) is 15.4. The van der Waals surface area contributed by atoms with Crippen LogP contribution in [0.5, 0.6) is 11.6 Å². The molecule has 2 aromatic rings. The third kappa shape index (κ3) is 3.99. The van der Waals surface area contributed by atoms with Crippen LogP contribution in [0.25, 0.3) is 0 Å². The molecule has 0 fully saturated rings. The fourth-order valence-electron chi connectivity index (χ4n) is 1.64. The lowest BCUT2D eigenvalue weighted by molar-refractivity contribution is 0.458. The van der Waals surface area contributed by atoms with Gasteiger partial charge in [0.05, 0.1) is 5.02 Å². The van der Waals surface area contributed by atoms with E-state index in [9.17, 15) is 4.39 Å². The van der Waals surface area contributed by atoms with Crippen LogP contribution >= 0.6 is 23.2 Å². The molecule has 1 aromatic carbocycles. The molecule has 0 spiro atoms. The minimum absolute atomic E-state index is 0.183. The van der Waals surface area contributed by atoms with E-state index in [0.717, 1.165) is 13.0 Å². The monoisotopic (exact) mass is 328 g/mol. The van der Waals surface area contributed by atoms with E-state index < -0.39 is 0 Å². The molecule has 0 aliphatic rings. The fraction of sp³-hybridized carbons (Fsp3) is 0.267. The number of aromatic nitrogens is 1. The summed E-state index contributed by atoms with van der Waals surface area (Å²) in [5.74, 6) is 0.659. The number of halogens is 3. The Morgan fingerprint density at radius 1 is 1.24 bits per heavy atom. The molecular formula is C15H15Cl2FN2O. The summed E-state index contributed by atoms with van der Waals surface area (Å²) in [5, 5.41) is 3.76. The molecule has 0 saturated heterocycles. The predicted octanol–water partition coefficient (Wildman–Crippen LogP) is 5.45. The van der Waals surface area contributed by atoms with Crippen LogP contribution < -0.4 is 10.1 Å². The Labute approximate surface area is 133 Å². The number of hydrogen-bond donors (Lipinski definition) is 1. The van der Waals surface area contributed by atoms with Crippen molar-refractivity contribution in [3.8, 4) is 11.6 Å². The maximum Gasteiger partial charge on any atom is 0.240 e. The molecule has 6 heteroatoms. The fourth-order valence-corrected chi connectivity index (χ4v) is 2.10. The van der Waals surface area contributed by atoms with Gasteiger partial charge in [0, 0.05) is 12.6 Å². The van der Waals surface area contributed by atoms with E-state index in [1.807, 2.05) is 6.92 Å². The van der Waals surface area contributed by atoms with Gasteiger partial charge >= 0.3 is 0 Å². The second-order valence-electron chi connectivity index (χ2n) is 4.55.